The fourth-order valence-corrected chi connectivity index (χ4v) is 4.51. The van der Waals surface area contributed by atoms with E-state index in [1.54, 1.807) is 19.2 Å². The largest absolute Gasteiger partial charge is 0.497 e. The molecule has 0 saturated heterocycles. The number of nitrogens with two attached hydrogens (primary N) is 1. The molecule has 0 radical (unpaired) electrons. The zero-order chi connectivity index (χ0) is 21.4. The molecular formula is C21H23NO5S2. The number of hydrogen-bond donors (Lipinski definition) is 1. The van der Waals surface area contributed by atoms with Gasteiger partial charge in [0.15, 0.2) is 0 Å². The SMILES string of the molecule is COc1ccc2c(c1)C(CCS(C)(=O)=O)=C(C)/C2=C/c1ccc(S(N)(=O)=O)cc1. The van der Waals surface area contributed by atoms with Gasteiger partial charge in [-0.3, -0.25) is 0 Å². The third kappa shape index (κ3) is 4.77. The molecule has 6 nitrogen and oxygen atoms in total. The van der Waals surface area contributed by atoms with Gasteiger partial charge in [0.2, 0.25) is 10.0 Å². The van der Waals surface area contributed by atoms with Crippen LogP contribution in [0, 0.1) is 0 Å². The summed E-state index contributed by atoms with van der Waals surface area (Å²) in [5.74, 6) is 0.763. The Hall–Kier alpha value is -2.42. The maximum Gasteiger partial charge on any atom is 0.238 e. The smallest absolute Gasteiger partial charge is 0.238 e. The van der Waals surface area contributed by atoms with Crippen molar-refractivity contribution in [1.82, 2.24) is 0 Å². The molecule has 2 N–H and O–H groups in total. The van der Waals surface area contributed by atoms with Crippen LogP contribution in [0.2, 0.25) is 0 Å². The third-order valence-corrected chi connectivity index (χ3v) is 6.82. The fraction of sp³-hybridized carbons (Fsp3) is 0.238. The molecule has 0 unspecified atom stereocenters. The van der Waals surface area contributed by atoms with Gasteiger partial charge in [-0.2, -0.15) is 0 Å². The van der Waals surface area contributed by atoms with Gasteiger partial charge in [-0.05, 0) is 77.1 Å². The number of sulfone groups is 1. The first-order chi connectivity index (χ1) is 13.5. The molecule has 0 spiro atoms. The highest BCUT2D eigenvalue weighted by Gasteiger charge is 2.25. The minimum absolute atomic E-state index is 0.0531. The van der Waals surface area contributed by atoms with E-state index in [1.165, 1.54) is 18.4 Å². The van der Waals surface area contributed by atoms with Crippen molar-refractivity contribution in [2.24, 2.45) is 5.14 Å². The van der Waals surface area contributed by atoms with Crippen molar-refractivity contribution in [3.05, 3.63) is 64.7 Å². The van der Waals surface area contributed by atoms with E-state index in [4.69, 9.17) is 9.88 Å². The highest BCUT2D eigenvalue weighted by molar-refractivity contribution is 7.90. The monoisotopic (exact) mass is 433 g/mol. The number of rotatable bonds is 6. The fourth-order valence-electron chi connectivity index (χ4n) is 3.42. The topological polar surface area (TPSA) is 104 Å². The van der Waals surface area contributed by atoms with Gasteiger partial charge in [0.1, 0.15) is 15.6 Å². The molecule has 0 atom stereocenters. The van der Waals surface area contributed by atoms with Crippen LogP contribution in [0.5, 0.6) is 5.75 Å². The van der Waals surface area contributed by atoms with E-state index in [0.717, 1.165) is 33.4 Å². The Kier molecular flexibility index (Phi) is 5.71. The summed E-state index contributed by atoms with van der Waals surface area (Å²) >= 11 is 0. The summed E-state index contributed by atoms with van der Waals surface area (Å²) < 4.78 is 51.6. The second-order valence-electron chi connectivity index (χ2n) is 7.07. The van der Waals surface area contributed by atoms with Crippen LogP contribution in [-0.2, 0) is 19.9 Å². The van der Waals surface area contributed by atoms with E-state index in [2.05, 4.69) is 0 Å². The van der Waals surface area contributed by atoms with Gasteiger partial charge in [0, 0.05) is 6.26 Å². The lowest BCUT2D eigenvalue weighted by Crippen LogP contribution is -2.11. The summed E-state index contributed by atoms with van der Waals surface area (Å²) in [4.78, 5) is 0.0531. The Morgan fingerprint density at radius 3 is 2.21 bits per heavy atom. The van der Waals surface area contributed by atoms with Crippen molar-refractivity contribution in [3.8, 4) is 5.75 Å². The normalized spacial score (nSPS) is 15.7. The first kappa shape index (κ1) is 21.3. The van der Waals surface area contributed by atoms with E-state index in [1.807, 2.05) is 31.2 Å². The lowest BCUT2D eigenvalue weighted by molar-refractivity contribution is 0.414. The van der Waals surface area contributed by atoms with Crippen molar-refractivity contribution in [2.75, 3.05) is 19.1 Å². The van der Waals surface area contributed by atoms with Crippen molar-refractivity contribution in [1.29, 1.82) is 0 Å². The Labute approximate surface area is 171 Å². The average molecular weight is 434 g/mol. The van der Waals surface area contributed by atoms with Gasteiger partial charge in [-0.15, -0.1) is 0 Å². The van der Waals surface area contributed by atoms with Crippen LogP contribution in [0.3, 0.4) is 0 Å². The van der Waals surface area contributed by atoms with Gasteiger partial charge in [-0.1, -0.05) is 18.2 Å². The summed E-state index contributed by atoms with van der Waals surface area (Å²) in [6.45, 7) is 1.97. The Bertz CT molecular complexity index is 1220. The summed E-state index contributed by atoms with van der Waals surface area (Å²) in [6.07, 6.45) is 3.60. The molecular weight excluding hydrogens is 410 g/mol. The molecule has 0 amide bonds. The van der Waals surface area contributed by atoms with Crippen molar-refractivity contribution < 1.29 is 21.6 Å². The molecule has 1 aliphatic rings. The van der Waals surface area contributed by atoms with E-state index in [-0.39, 0.29) is 10.6 Å². The maximum absolute atomic E-state index is 11.7. The number of allylic oxidation sites excluding steroid dienone is 3. The molecule has 1 aliphatic carbocycles. The van der Waals surface area contributed by atoms with Crippen molar-refractivity contribution in [3.63, 3.8) is 0 Å². The van der Waals surface area contributed by atoms with Crippen LogP contribution >= 0.6 is 0 Å². The lowest BCUT2D eigenvalue weighted by atomic mass is 10.0. The van der Waals surface area contributed by atoms with E-state index in [9.17, 15) is 16.8 Å². The summed E-state index contributed by atoms with van der Waals surface area (Å²) in [5.41, 5.74) is 5.69. The molecule has 0 bridgehead atoms. The van der Waals surface area contributed by atoms with E-state index < -0.39 is 19.9 Å². The van der Waals surface area contributed by atoms with Gasteiger partial charge >= 0.3 is 0 Å². The average Bonchev–Trinajstić information content (AvgIpc) is 2.90. The molecule has 0 aliphatic heterocycles. The molecule has 29 heavy (non-hydrogen) atoms. The number of primary sulfonamides is 1. The first-order valence-electron chi connectivity index (χ1n) is 8.91. The zero-order valence-electron chi connectivity index (χ0n) is 16.5. The molecule has 154 valence electrons. The minimum atomic E-state index is -3.74. The van der Waals surface area contributed by atoms with Gasteiger partial charge in [0.05, 0.1) is 17.8 Å². The number of ether oxygens (including phenoxy) is 1. The van der Waals surface area contributed by atoms with Gasteiger partial charge in [-0.25, -0.2) is 22.0 Å². The Morgan fingerprint density at radius 1 is 1.00 bits per heavy atom. The van der Waals surface area contributed by atoms with Crippen molar-refractivity contribution >= 4 is 37.1 Å². The van der Waals surface area contributed by atoms with Crippen LogP contribution in [0.25, 0.3) is 17.2 Å². The van der Waals surface area contributed by atoms with Crippen LogP contribution in [0.1, 0.15) is 30.0 Å². The number of hydrogen-bond acceptors (Lipinski definition) is 5. The number of fused-ring (bicyclic) bond motifs is 1. The third-order valence-electron chi connectivity index (χ3n) is 4.94. The van der Waals surface area contributed by atoms with Crippen molar-refractivity contribution in [2.45, 2.75) is 18.2 Å². The first-order valence-corrected chi connectivity index (χ1v) is 12.5. The lowest BCUT2D eigenvalue weighted by Gasteiger charge is -2.08. The predicted molar refractivity (Wildman–Crippen MR) is 116 cm³/mol. The summed E-state index contributed by atoms with van der Waals surface area (Å²) in [6, 6.07) is 12.1. The molecule has 3 rings (SSSR count). The van der Waals surface area contributed by atoms with Crippen LogP contribution < -0.4 is 9.88 Å². The van der Waals surface area contributed by atoms with E-state index in [0.29, 0.717) is 12.2 Å². The summed E-state index contributed by atoms with van der Waals surface area (Å²) in [5, 5.41) is 5.16. The number of benzene rings is 2. The van der Waals surface area contributed by atoms with Gasteiger partial charge < -0.3 is 4.74 Å². The predicted octanol–water partition coefficient (Wildman–Crippen LogP) is 3.11. The minimum Gasteiger partial charge on any atom is -0.497 e. The molecule has 8 heteroatoms. The Morgan fingerprint density at radius 2 is 1.66 bits per heavy atom. The van der Waals surface area contributed by atoms with Crippen LogP contribution in [0.4, 0.5) is 0 Å². The molecule has 0 aromatic heterocycles. The molecule has 2 aromatic carbocycles. The quantitative estimate of drug-likeness (QED) is 0.754. The highest BCUT2D eigenvalue weighted by atomic mass is 32.2. The second kappa shape index (κ2) is 7.78. The van der Waals surface area contributed by atoms with Crippen LogP contribution in [-0.4, -0.2) is 36.0 Å². The molecule has 2 aromatic rings. The standard InChI is InChI=1S/C21H23NO5S2/c1-14-18(10-11-28(3,23)24)21-13-16(27-2)6-9-19(21)20(14)12-15-4-7-17(8-5-15)29(22,25)26/h4-9,12-13H,10-11H2,1-3H3,(H2,22,25,26)/b20-12-. The van der Waals surface area contributed by atoms with E-state index >= 15 is 0 Å². The number of sulfonamides is 1. The molecule has 0 fully saturated rings. The highest BCUT2D eigenvalue weighted by Crippen LogP contribution is 2.45. The number of methoxy groups -OCH3 is 1. The summed E-state index contributed by atoms with van der Waals surface area (Å²) in [7, 11) is -5.26. The van der Waals surface area contributed by atoms with Crippen LogP contribution in [0.15, 0.2) is 52.9 Å². The Balaban J connectivity index is 2.08. The van der Waals surface area contributed by atoms with Gasteiger partial charge in [0.25, 0.3) is 0 Å². The second-order valence-corrected chi connectivity index (χ2v) is 10.9. The maximum atomic E-state index is 11.7. The molecule has 0 saturated carbocycles. The zero-order valence-corrected chi connectivity index (χ0v) is 18.1. The molecule has 0 heterocycles.